The van der Waals surface area contributed by atoms with Crippen molar-refractivity contribution < 1.29 is 27.8 Å². The summed E-state index contributed by atoms with van der Waals surface area (Å²) in [6.07, 6.45) is 0.298. The van der Waals surface area contributed by atoms with Crippen LogP contribution in [-0.2, 0) is 19.6 Å². The Morgan fingerprint density at radius 2 is 1.97 bits per heavy atom. The van der Waals surface area contributed by atoms with Crippen molar-refractivity contribution in [2.45, 2.75) is 55.3 Å². The second-order valence-corrected chi connectivity index (χ2v) is 9.81. The fourth-order valence-corrected chi connectivity index (χ4v) is 5.38. The van der Waals surface area contributed by atoms with E-state index >= 15 is 0 Å². The molecule has 172 valence electrons. The number of carbonyl (C=O) groups excluding carboxylic acids is 1. The lowest BCUT2D eigenvalue weighted by Gasteiger charge is -2.37. The van der Waals surface area contributed by atoms with Crippen LogP contribution in [-0.4, -0.2) is 50.9 Å². The summed E-state index contributed by atoms with van der Waals surface area (Å²) in [5.74, 6) is 0.442. The smallest absolute Gasteiger partial charge is 0.261 e. The lowest BCUT2D eigenvalue weighted by Crippen LogP contribution is -2.47. The van der Waals surface area contributed by atoms with E-state index in [9.17, 15) is 18.3 Å². The first-order valence-corrected chi connectivity index (χ1v) is 12.3. The molecule has 2 aliphatic rings. The van der Waals surface area contributed by atoms with E-state index < -0.39 is 16.1 Å². The molecule has 2 aliphatic heterocycles. The van der Waals surface area contributed by atoms with Crippen LogP contribution in [0.5, 0.6) is 5.75 Å². The van der Waals surface area contributed by atoms with Gasteiger partial charge in [0.2, 0.25) is 5.91 Å². The third-order valence-electron chi connectivity index (χ3n) is 5.79. The molecule has 0 aliphatic carbocycles. The molecule has 32 heavy (non-hydrogen) atoms. The molecule has 1 amide bonds. The van der Waals surface area contributed by atoms with Crippen LogP contribution in [0, 0.1) is 0 Å². The van der Waals surface area contributed by atoms with E-state index in [1.54, 1.807) is 36.4 Å². The maximum absolute atomic E-state index is 12.7. The van der Waals surface area contributed by atoms with E-state index in [1.165, 1.54) is 12.1 Å². The average Bonchev–Trinajstić information content (AvgIpc) is 3.15. The van der Waals surface area contributed by atoms with Crippen LogP contribution in [0.4, 0.5) is 5.69 Å². The Balaban J connectivity index is 1.54. The van der Waals surface area contributed by atoms with E-state index in [4.69, 9.17) is 9.47 Å². The zero-order valence-corrected chi connectivity index (χ0v) is 18.7. The average molecular weight is 461 g/mol. The van der Waals surface area contributed by atoms with Crippen molar-refractivity contribution in [3.05, 3.63) is 54.1 Å². The normalized spacial score (nSPS) is 24.2. The maximum Gasteiger partial charge on any atom is 0.261 e. The summed E-state index contributed by atoms with van der Waals surface area (Å²) in [4.78, 5) is 12.4. The predicted molar refractivity (Wildman–Crippen MR) is 119 cm³/mol. The highest BCUT2D eigenvalue weighted by molar-refractivity contribution is 7.92. The molecule has 2 aromatic rings. The summed E-state index contributed by atoms with van der Waals surface area (Å²) in [5.41, 5.74) is 1.28. The number of fused-ring (bicyclic) bond motifs is 3. The number of rotatable bonds is 8. The third-order valence-corrected chi connectivity index (χ3v) is 7.19. The third kappa shape index (κ3) is 4.74. The molecule has 1 saturated heterocycles. The summed E-state index contributed by atoms with van der Waals surface area (Å²) in [5, 5.41) is 12.7. The monoisotopic (exact) mass is 460 g/mol. The molecular weight excluding hydrogens is 432 g/mol. The van der Waals surface area contributed by atoms with Gasteiger partial charge in [-0.25, -0.2) is 8.42 Å². The van der Waals surface area contributed by atoms with Gasteiger partial charge in [0, 0.05) is 23.7 Å². The summed E-state index contributed by atoms with van der Waals surface area (Å²) >= 11 is 0. The number of carbonyl (C=O) groups is 1. The molecule has 1 fully saturated rings. The number of benzene rings is 2. The number of sulfonamides is 1. The van der Waals surface area contributed by atoms with Crippen LogP contribution in [0.3, 0.4) is 0 Å². The second-order valence-electron chi connectivity index (χ2n) is 8.13. The van der Waals surface area contributed by atoms with Gasteiger partial charge in [0.15, 0.2) is 0 Å². The highest BCUT2D eigenvalue weighted by Crippen LogP contribution is 2.47. The van der Waals surface area contributed by atoms with Gasteiger partial charge in [-0.3, -0.25) is 9.52 Å². The van der Waals surface area contributed by atoms with Crippen LogP contribution >= 0.6 is 0 Å². The van der Waals surface area contributed by atoms with Crippen LogP contribution in [0.15, 0.2) is 53.4 Å². The van der Waals surface area contributed by atoms with Crippen LogP contribution in [0.2, 0.25) is 0 Å². The van der Waals surface area contributed by atoms with Crippen molar-refractivity contribution in [1.82, 2.24) is 5.32 Å². The Bertz CT molecular complexity index is 1060. The van der Waals surface area contributed by atoms with Crippen molar-refractivity contribution in [2.24, 2.45) is 0 Å². The molecule has 2 heterocycles. The first-order chi connectivity index (χ1) is 15.4. The van der Waals surface area contributed by atoms with E-state index in [-0.39, 0.29) is 42.0 Å². The van der Waals surface area contributed by atoms with E-state index in [0.717, 1.165) is 12.0 Å². The summed E-state index contributed by atoms with van der Waals surface area (Å²) in [6, 6.07) is 13.3. The number of aliphatic hydroxyl groups excluding tert-OH is 1. The van der Waals surface area contributed by atoms with E-state index in [2.05, 4.69) is 10.0 Å². The predicted octanol–water partition coefficient (Wildman–Crippen LogP) is 2.40. The van der Waals surface area contributed by atoms with Crippen molar-refractivity contribution in [3.63, 3.8) is 0 Å². The van der Waals surface area contributed by atoms with E-state index in [1.807, 2.05) is 6.92 Å². The first kappa shape index (κ1) is 22.6. The van der Waals surface area contributed by atoms with Crippen molar-refractivity contribution >= 4 is 21.6 Å². The van der Waals surface area contributed by atoms with Gasteiger partial charge in [0.25, 0.3) is 10.0 Å². The van der Waals surface area contributed by atoms with Gasteiger partial charge < -0.3 is 19.9 Å². The molecule has 3 N–H and O–H groups in total. The number of aliphatic hydroxyl groups is 1. The van der Waals surface area contributed by atoms with Gasteiger partial charge in [0.1, 0.15) is 18.0 Å². The topological polar surface area (TPSA) is 114 Å². The number of hydrogen-bond donors (Lipinski definition) is 3. The molecule has 4 atom stereocenters. The van der Waals surface area contributed by atoms with E-state index in [0.29, 0.717) is 24.4 Å². The number of nitrogens with one attached hydrogen (secondary N) is 2. The number of anilines is 1. The molecule has 0 spiro atoms. The minimum atomic E-state index is -3.72. The van der Waals surface area contributed by atoms with Gasteiger partial charge in [-0.05, 0) is 43.2 Å². The Hall–Kier alpha value is -2.62. The molecule has 8 nitrogen and oxygen atoms in total. The first-order valence-electron chi connectivity index (χ1n) is 10.8. The van der Waals surface area contributed by atoms with Gasteiger partial charge in [0.05, 0.1) is 24.0 Å². The molecule has 0 bridgehead atoms. The van der Waals surface area contributed by atoms with Gasteiger partial charge in [-0.1, -0.05) is 25.1 Å². The quantitative estimate of drug-likeness (QED) is 0.557. The number of ether oxygens (including phenoxy) is 2. The molecule has 9 heteroatoms. The largest absolute Gasteiger partial charge is 0.487 e. The van der Waals surface area contributed by atoms with Crippen LogP contribution in [0.25, 0.3) is 0 Å². The summed E-state index contributed by atoms with van der Waals surface area (Å²) in [7, 11) is -3.72. The van der Waals surface area contributed by atoms with Gasteiger partial charge >= 0.3 is 0 Å². The number of amides is 1. The Kier molecular flexibility index (Phi) is 6.68. The number of hydrogen-bond acceptors (Lipinski definition) is 6. The lowest BCUT2D eigenvalue weighted by atomic mass is 9.84. The summed E-state index contributed by atoms with van der Waals surface area (Å²) in [6.45, 7) is 2.37. The molecule has 0 aromatic heterocycles. The second kappa shape index (κ2) is 9.48. The van der Waals surface area contributed by atoms with Gasteiger partial charge in [-0.2, -0.15) is 0 Å². The Labute approximate surface area is 188 Å². The standard InChI is InChI=1S/C23H28N2O6S/c1-2-10-24-22(27)13-16-12-19-18-11-15(25-32(28,29)17-6-4-3-5-7-17)8-9-20(18)31-23(19)21(14-26)30-16/h3-9,11,16,19,21,23,25-26H,2,10,12-14H2,1H3,(H,24,27)/t16-,19-,21-,23+/m0/s1. The van der Waals surface area contributed by atoms with Crippen LogP contribution in [0.1, 0.15) is 37.7 Å². The SMILES string of the molecule is CCCNC(=O)C[C@@H]1C[C@H]2c3cc(NS(=O)(=O)c4ccccc4)ccc3O[C@H]2[C@H](CO)O1. The Morgan fingerprint density at radius 1 is 1.19 bits per heavy atom. The minimum absolute atomic E-state index is 0.0875. The van der Waals surface area contributed by atoms with Crippen LogP contribution < -0.4 is 14.8 Å². The highest BCUT2D eigenvalue weighted by atomic mass is 32.2. The minimum Gasteiger partial charge on any atom is -0.487 e. The lowest BCUT2D eigenvalue weighted by molar-refractivity contribution is -0.142. The van der Waals surface area contributed by atoms with Crippen molar-refractivity contribution in [1.29, 1.82) is 0 Å². The highest BCUT2D eigenvalue weighted by Gasteiger charge is 2.46. The molecule has 0 saturated carbocycles. The maximum atomic E-state index is 12.7. The summed E-state index contributed by atoms with van der Waals surface area (Å²) < 4.78 is 40.0. The molecule has 4 rings (SSSR count). The molecule has 0 unspecified atom stereocenters. The molecule has 0 radical (unpaired) electrons. The van der Waals surface area contributed by atoms with Crippen molar-refractivity contribution in [2.75, 3.05) is 17.9 Å². The zero-order valence-electron chi connectivity index (χ0n) is 17.9. The fraction of sp³-hybridized carbons (Fsp3) is 0.435. The molecular formula is C23H28N2O6S. The Morgan fingerprint density at radius 3 is 2.69 bits per heavy atom. The fourth-order valence-electron chi connectivity index (χ4n) is 4.31. The van der Waals surface area contributed by atoms with Gasteiger partial charge in [-0.15, -0.1) is 0 Å². The zero-order chi connectivity index (χ0) is 22.7. The van der Waals surface area contributed by atoms with Crippen molar-refractivity contribution in [3.8, 4) is 5.75 Å². The molecule has 2 aromatic carbocycles.